The van der Waals surface area contributed by atoms with E-state index >= 15 is 0 Å². The molecule has 1 fully saturated rings. The molecule has 2 aromatic rings. The first-order valence-corrected chi connectivity index (χ1v) is 6.80. The largest absolute Gasteiger partial charge is 0.348 e. The van der Waals surface area contributed by atoms with Crippen molar-refractivity contribution in [2.75, 3.05) is 13.1 Å². The van der Waals surface area contributed by atoms with Crippen LogP contribution in [0.5, 0.6) is 0 Å². The Morgan fingerprint density at radius 2 is 2.00 bits per heavy atom. The van der Waals surface area contributed by atoms with Crippen LogP contribution in [0.3, 0.4) is 0 Å². The molecule has 0 aliphatic carbocycles. The molecule has 0 unspecified atom stereocenters. The Kier molecular flexibility index (Phi) is 3.60. The summed E-state index contributed by atoms with van der Waals surface area (Å²) >= 11 is 0. The predicted octanol–water partition coefficient (Wildman–Crippen LogP) is 1.86. The number of amides is 1. The highest BCUT2D eigenvalue weighted by molar-refractivity contribution is 5.95. The van der Waals surface area contributed by atoms with Crippen molar-refractivity contribution in [3.63, 3.8) is 0 Å². The van der Waals surface area contributed by atoms with E-state index in [1.807, 2.05) is 0 Å². The normalized spacial score (nSPS) is 16.2. The van der Waals surface area contributed by atoms with E-state index in [9.17, 15) is 9.18 Å². The van der Waals surface area contributed by atoms with Gasteiger partial charge in [0.25, 0.3) is 5.91 Å². The minimum absolute atomic E-state index is 0.189. The number of piperidine rings is 1. The number of hydrogen-bond donors (Lipinski definition) is 2. The Hall–Kier alpha value is -2.01. The highest BCUT2D eigenvalue weighted by Gasteiger charge is 2.17. The van der Waals surface area contributed by atoms with Crippen LogP contribution >= 0.6 is 0 Å². The number of nitrogens with one attached hydrogen (secondary N) is 2. The fourth-order valence-corrected chi connectivity index (χ4v) is 2.44. The predicted molar refractivity (Wildman–Crippen MR) is 75.1 cm³/mol. The van der Waals surface area contributed by atoms with Gasteiger partial charge in [0, 0.05) is 17.5 Å². The summed E-state index contributed by atoms with van der Waals surface area (Å²) in [5.74, 6) is -0.538. The molecule has 1 aromatic heterocycles. The van der Waals surface area contributed by atoms with Crippen molar-refractivity contribution >= 4 is 16.8 Å². The van der Waals surface area contributed by atoms with Crippen LogP contribution in [0.4, 0.5) is 4.39 Å². The molecule has 0 bridgehead atoms. The summed E-state index contributed by atoms with van der Waals surface area (Å²) in [6.07, 6.45) is 1.85. The Morgan fingerprint density at radius 3 is 2.80 bits per heavy atom. The molecule has 1 aliphatic heterocycles. The third-order valence-electron chi connectivity index (χ3n) is 3.56. The van der Waals surface area contributed by atoms with Gasteiger partial charge in [-0.3, -0.25) is 4.79 Å². The molecular weight excluding hydrogens is 257 g/mol. The number of rotatable bonds is 2. The summed E-state index contributed by atoms with van der Waals surface area (Å²) in [6, 6.07) is 8.05. The van der Waals surface area contributed by atoms with Crippen molar-refractivity contribution < 1.29 is 9.18 Å². The van der Waals surface area contributed by atoms with Gasteiger partial charge >= 0.3 is 0 Å². The highest BCUT2D eigenvalue weighted by Crippen LogP contribution is 2.14. The van der Waals surface area contributed by atoms with Crippen molar-refractivity contribution in [1.82, 2.24) is 15.6 Å². The van der Waals surface area contributed by atoms with Gasteiger partial charge in [-0.2, -0.15) is 0 Å². The SMILES string of the molecule is O=C(NC1CCNCC1)c1ccc2ccc(F)cc2n1. The minimum atomic E-state index is -0.346. The molecule has 1 aliphatic rings. The van der Waals surface area contributed by atoms with Crippen LogP contribution in [-0.4, -0.2) is 30.0 Å². The molecule has 20 heavy (non-hydrogen) atoms. The second-order valence-electron chi connectivity index (χ2n) is 5.03. The van der Waals surface area contributed by atoms with Crippen molar-refractivity contribution in [3.8, 4) is 0 Å². The summed E-state index contributed by atoms with van der Waals surface area (Å²) in [5, 5.41) is 7.05. The lowest BCUT2D eigenvalue weighted by Gasteiger charge is -2.23. The zero-order valence-corrected chi connectivity index (χ0v) is 11.0. The van der Waals surface area contributed by atoms with Gasteiger partial charge in [0.2, 0.25) is 0 Å². The van der Waals surface area contributed by atoms with Crippen LogP contribution < -0.4 is 10.6 Å². The topological polar surface area (TPSA) is 54.0 Å². The van der Waals surface area contributed by atoms with Crippen LogP contribution in [0.2, 0.25) is 0 Å². The van der Waals surface area contributed by atoms with Gasteiger partial charge in [-0.25, -0.2) is 9.37 Å². The van der Waals surface area contributed by atoms with Gasteiger partial charge in [0.05, 0.1) is 5.52 Å². The van der Waals surface area contributed by atoms with E-state index in [1.54, 1.807) is 18.2 Å². The first-order valence-electron chi connectivity index (χ1n) is 6.80. The second kappa shape index (κ2) is 5.54. The van der Waals surface area contributed by atoms with Crippen LogP contribution in [0.1, 0.15) is 23.3 Å². The van der Waals surface area contributed by atoms with Gasteiger partial charge in [0.15, 0.2) is 0 Å². The first-order chi connectivity index (χ1) is 9.72. The average molecular weight is 273 g/mol. The lowest BCUT2D eigenvalue weighted by atomic mass is 10.1. The number of hydrogen-bond acceptors (Lipinski definition) is 3. The molecule has 1 aromatic carbocycles. The van der Waals surface area contributed by atoms with Gasteiger partial charge < -0.3 is 10.6 Å². The molecule has 5 heteroatoms. The van der Waals surface area contributed by atoms with Crippen LogP contribution in [0, 0.1) is 5.82 Å². The number of halogens is 1. The average Bonchev–Trinajstić information content (AvgIpc) is 2.47. The van der Waals surface area contributed by atoms with Crippen molar-refractivity contribution in [1.29, 1.82) is 0 Å². The lowest BCUT2D eigenvalue weighted by molar-refractivity contribution is 0.0925. The monoisotopic (exact) mass is 273 g/mol. The summed E-state index contributed by atoms with van der Waals surface area (Å²) in [6.45, 7) is 1.84. The van der Waals surface area contributed by atoms with Crippen molar-refractivity contribution in [2.24, 2.45) is 0 Å². The van der Waals surface area contributed by atoms with E-state index in [2.05, 4.69) is 15.6 Å². The quantitative estimate of drug-likeness (QED) is 0.878. The van der Waals surface area contributed by atoms with E-state index in [-0.39, 0.29) is 17.8 Å². The van der Waals surface area contributed by atoms with Crippen LogP contribution in [-0.2, 0) is 0 Å². The maximum absolute atomic E-state index is 13.2. The Balaban J connectivity index is 1.80. The van der Waals surface area contributed by atoms with E-state index in [1.165, 1.54) is 12.1 Å². The third kappa shape index (κ3) is 2.77. The maximum atomic E-state index is 13.2. The van der Waals surface area contributed by atoms with Crippen LogP contribution in [0.25, 0.3) is 10.9 Å². The zero-order chi connectivity index (χ0) is 13.9. The summed E-state index contributed by atoms with van der Waals surface area (Å²) in [7, 11) is 0. The lowest BCUT2D eigenvalue weighted by Crippen LogP contribution is -2.42. The fraction of sp³-hybridized carbons (Fsp3) is 0.333. The van der Waals surface area contributed by atoms with Gasteiger partial charge in [-0.15, -0.1) is 0 Å². The Morgan fingerprint density at radius 1 is 1.25 bits per heavy atom. The molecule has 1 amide bonds. The standard InChI is InChI=1S/C15H16FN3O/c16-11-3-1-10-2-4-13(19-14(10)9-11)15(20)18-12-5-7-17-8-6-12/h1-4,9,12,17H,5-8H2,(H,18,20). The molecule has 1 saturated heterocycles. The molecule has 0 spiro atoms. The zero-order valence-electron chi connectivity index (χ0n) is 11.0. The van der Waals surface area contributed by atoms with E-state index in [4.69, 9.17) is 0 Å². The summed E-state index contributed by atoms with van der Waals surface area (Å²) < 4.78 is 13.2. The number of nitrogens with zero attached hydrogens (tertiary/aromatic N) is 1. The number of pyridine rings is 1. The van der Waals surface area contributed by atoms with E-state index < -0.39 is 0 Å². The number of fused-ring (bicyclic) bond motifs is 1. The van der Waals surface area contributed by atoms with Gasteiger partial charge in [0.1, 0.15) is 11.5 Å². The fourth-order valence-electron chi connectivity index (χ4n) is 2.44. The molecule has 0 atom stereocenters. The molecule has 2 heterocycles. The van der Waals surface area contributed by atoms with Crippen LogP contribution in [0.15, 0.2) is 30.3 Å². The molecule has 104 valence electrons. The van der Waals surface area contributed by atoms with Crippen molar-refractivity contribution in [3.05, 3.63) is 41.8 Å². The van der Waals surface area contributed by atoms with E-state index in [0.717, 1.165) is 31.3 Å². The summed E-state index contributed by atoms with van der Waals surface area (Å²) in [4.78, 5) is 16.4. The number of carbonyl (C=O) groups is 1. The van der Waals surface area contributed by atoms with Gasteiger partial charge in [-0.1, -0.05) is 6.07 Å². The molecular formula is C15H16FN3O. The smallest absolute Gasteiger partial charge is 0.270 e. The number of aromatic nitrogens is 1. The Labute approximate surface area is 116 Å². The molecule has 4 nitrogen and oxygen atoms in total. The molecule has 0 radical (unpaired) electrons. The first kappa shape index (κ1) is 13.0. The Bertz CT molecular complexity index is 638. The van der Waals surface area contributed by atoms with Crippen molar-refractivity contribution in [2.45, 2.75) is 18.9 Å². The number of benzene rings is 1. The van der Waals surface area contributed by atoms with Gasteiger partial charge in [-0.05, 0) is 44.1 Å². The molecule has 2 N–H and O–H groups in total. The van der Waals surface area contributed by atoms with E-state index in [0.29, 0.717) is 11.2 Å². The molecule has 0 saturated carbocycles. The summed E-state index contributed by atoms with van der Waals surface area (Å²) in [5.41, 5.74) is 0.838. The third-order valence-corrected chi connectivity index (χ3v) is 3.56. The maximum Gasteiger partial charge on any atom is 0.270 e. The number of carbonyl (C=O) groups excluding carboxylic acids is 1. The molecule has 3 rings (SSSR count). The second-order valence-corrected chi connectivity index (χ2v) is 5.03. The highest BCUT2D eigenvalue weighted by atomic mass is 19.1. The minimum Gasteiger partial charge on any atom is -0.348 e.